The van der Waals surface area contributed by atoms with Crippen LogP contribution in [-0.2, 0) is 6.42 Å². The van der Waals surface area contributed by atoms with Crippen LogP contribution in [0.5, 0.6) is 0 Å². The number of nitrogens with zero attached hydrogens (tertiary/aromatic N) is 1. The van der Waals surface area contributed by atoms with Crippen molar-refractivity contribution in [3.05, 3.63) is 47.5 Å². The fourth-order valence-corrected chi connectivity index (χ4v) is 6.00. The highest BCUT2D eigenvalue weighted by Gasteiger charge is 2.33. The highest BCUT2D eigenvalue weighted by Crippen LogP contribution is 2.42. The van der Waals surface area contributed by atoms with Crippen molar-refractivity contribution in [3.63, 3.8) is 0 Å². The average molecular weight is 422 g/mol. The van der Waals surface area contributed by atoms with Crippen molar-refractivity contribution in [2.45, 2.75) is 109 Å². The molecule has 1 aromatic carbocycles. The van der Waals surface area contributed by atoms with Crippen LogP contribution in [0.2, 0.25) is 0 Å². The summed E-state index contributed by atoms with van der Waals surface area (Å²) in [5.74, 6) is 2.48. The number of nitriles is 1. The quantitative estimate of drug-likeness (QED) is 0.310. The Bertz CT molecular complexity index is 684. The van der Waals surface area contributed by atoms with E-state index < -0.39 is 0 Å². The molecule has 1 unspecified atom stereocenters. The Morgan fingerprint density at radius 2 is 1.61 bits per heavy atom. The highest BCUT2D eigenvalue weighted by atomic mass is 16.3. The Kier molecular flexibility index (Phi) is 10.1. The number of allylic oxidation sites excluding steroid dienone is 2. The molecule has 0 heterocycles. The standard InChI is InChI=1S/C29H43NO/c1-2-3-5-8-23-10-14-25(15-11-23)26-18-20-28(21-19-26)29(31)27-16-12-24(13-17-27)9-6-4-7-22-30/h4,7,10-11,14-15,24,26-29,31H,2-3,5-6,8-9,12-13,16-21H2,1H3. The largest absolute Gasteiger partial charge is 0.393 e. The molecule has 170 valence electrons. The van der Waals surface area contributed by atoms with Crippen LogP contribution < -0.4 is 0 Å². The molecular formula is C29H43NO. The second-order valence-corrected chi connectivity index (χ2v) is 10.2. The Morgan fingerprint density at radius 1 is 0.968 bits per heavy atom. The predicted molar refractivity (Wildman–Crippen MR) is 130 cm³/mol. The molecule has 2 aliphatic rings. The molecule has 0 amide bonds. The van der Waals surface area contributed by atoms with Gasteiger partial charge in [-0.05, 0) is 99.0 Å². The Balaban J connectivity index is 1.38. The van der Waals surface area contributed by atoms with Gasteiger partial charge >= 0.3 is 0 Å². The van der Waals surface area contributed by atoms with Gasteiger partial charge in [-0.25, -0.2) is 0 Å². The first kappa shape index (κ1) is 24.1. The SMILES string of the molecule is CCCCCc1ccc(C2CCC(C(O)C3CCC(CCC=CC#N)CC3)CC2)cc1. The van der Waals surface area contributed by atoms with E-state index in [2.05, 4.69) is 37.3 Å². The number of aliphatic hydroxyl groups excluding tert-OH is 1. The molecule has 0 saturated heterocycles. The lowest BCUT2D eigenvalue weighted by molar-refractivity contribution is 0.00971. The molecular weight excluding hydrogens is 378 g/mol. The Morgan fingerprint density at radius 3 is 2.23 bits per heavy atom. The topological polar surface area (TPSA) is 44.0 Å². The molecule has 0 bridgehead atoms. The predicted octanol–water partition coefficient (Wildman–Crippen LogP) is 7.72. The zero-order valence-corrected chi connectivity index (χ0v) is 19.6. The third-order valence-corrected chi connectivity index (χ3v) is 8.08. The first-order valence-electron chi connectivity index (χ1n) is 13.0. The monoisotopic (exact) mass is 421 g/mol. The van der Waals surface area contributed by atoms with Crippen molar-refractivity contribution in [1.29, 1.82) is 5.26 Å². The molecule has 0 aliphatic heterocycles. The van der Waals surface area contributed by atoms with Crippen molar-refractivity contribution in [2.75, 3.05) is 0 Å². The zero-order valence-electron chi connectivity index (χ0n) is 19.6. The average Bonchev–Trinajstić information content (AvgIpc) is 2.83. The van der Waals surface area contributed by atoms with Gasteiger partial charge in [0.2, 0.25) is 0 Å². The summed E-state index contributed by atoms with van der Waals surface area (Å²) in [7, 11) is 0. The molecule has 1 N–H and O–H groups in total. The number of aryl methyl sites for hydroxylation is 1. The molecule has 2 heteroatoms. The first-order chi connectivity index (χ1) is 15.2. The van der Waals surface area contributed by atoms with Gasteiger partial charge in [0.1, 0.15) is 0 Å². The van der Waals surface area contributed by atoms with Gasteiger partial charge in [-0.3, -0.25) is 0 Å². The zero-order chi connectivity index (χ0) is 21.9. The van der Waals surface area contributed by atoms with Gasteiger partial charge in [0, 0.05) is 6.08 Å². The number of unbranched alkanes of at least 4 members (excludes halogenated alkanes) is 2. The molecule has 2 aliphatic carbocycles. The van der Waals surface area contributed by atoms with Crippen LogP contribution >= 0.6 is 0 Å². The third-order valence-electron chi connectivity index (χ3n) is 8.08. The van der Waals surface area contributed by atoms with Gasteiger partial charge in [0.25, 0.3) is 0 Å². The van der Waals surface area contributed by atoms with E-state index in [-0.39, 0.29) is 6.10 Å². The molecule has 2 fully saturated rings. The maximum atomic E-state index is 11.1. The maximum Gasteiger partial charge on any atom is 0.0908 e. The van der Waals surface area contributed by atoms with E-state index in [1.807, 2.05) is 6.08 Å². The van der Waals surface area contributed by atoms with Crippen LogP contribution in [0.3, 0.4) is 0 Å². The van der Waals surface area contributed by atoms with Gasteiger partial charge in [-0.1, -0.05) is 62.9 Å². The van der Waals surface area contributed by atoms with E-state index in [4.69, 9.17) is 5.26 Å². The van der Waals surface area contributed by atoms with Crippen LogP contribution in [0.4, 0.5) is 0 Å². The molecule has 1 aromatic rings. The van der Waals surface area contributed by atoms with Crippen molar-refractivity contribution in [3.8, 4) is 6.07 Å². The van der Waals surface area contributed by atoms with Crippen LogP contribution in [-0.4, -0.2) is 11.2 Å². The Labute approximate surface area is 190 Å². The number of hydrogen-bond donors (Lipinski definition) is 1. The lowest BCUT2D eigenvalue weighted by atomic mass is 9.70. The summed E-state index contributed by atoms with van der Waals surface area (Å²) in [6, 6.07) is 11.5. The summed E-state index contributed by atoms with van der Waals surface area (Å²) in [6.07, 6.45) is 20.6. The lowest BCUT2D eigenvalue weighted by Crippen LogP contribution is -2.34. The van der Waals surface area contributed by atoms with Crippen LogP contribution in [0, 0.1) is 29.1 Å². The van der Waals surface area contributed by atoms with Gasteiger partial charge in [-0.15, -0.1) is 0 Å². The van der Waals surface area contributed by atoms with E-state index in [1.54, 1.807) is 6.08 Å². The van der Waals surface area contributed by atoms with E-state index in [9.17, 15) is 5.11 Å². The summed E-state index contributed by atoms with van der Waals surface area (Å²) in [6.45, 7) is 2.26. The lowest BCUT2D eigenvalue weighted by Gasteiger charge is -2.38. The molecule has 2 nitrogen and oxygen atoms in total. The van der Waals surface area contributed by atoms with E-state index in [0.29, 0.717) is 17.8 Å². The van der Waals surface area contributed by atoms with Gasteiger partial charge < -0.3 is 5.11 Å². The number of hydrogen-bond acceptors (Lipinski definition) is 2. The summed E-state index contributed by atoms with van der Waals surface area (Å²) >= 11 is 0. The molecule has 0 radical (unpaired) electrons. The van der Waals surface area contributed by atoms with Crippen molar-refractivity contribution >= 4 is 0 Å². The van der Waals surface area contributed by atoms with Gasteiger partial charge in [0.15, 0.2) is 0 Å². The van der Waals surface area contributed by atoms with Crippen LogP contribution in [0.1, 0.15) is 107 Å². The van der Waals surface area contributed by atoms with Gasteiger partial charge in [-0.2, -0.15) is 5.26 Å². The molecule has 0 aromatic heterocycles. The number of aliphatic hydroxyl groups is 1. The fourth-order valence-electron chi connectivity index (χ4n) is 6.00. The molecule has 0 spiro atoms. The highest BCUT2D eigenvalue weighted by molar-refractivity contribution is 5.26. The minimum absolute atomic E-state index is 0.0960. The summed E-state index contributed by atoms with van der Waals surface area (Å²) in [5, 5.41) is 19.7. The third kappa shape index (κ3) is 7.50. The van der Waals surface area contributed by atoms with Crippen molar-refractivity contribution in [1.82, 2.24) is 0 Å². The van der Waals surface area contributed by atoms with E-state index in [1.165, 1.54) is 94.6 Å². The summed E-state index contributed by atoms with van der Waals surface area (Å²) in [5.41, 5.74) is 3.00. The number of benzene rings is 1. The normalized spacial score (nSPS) is 27.8. The molecule has 3 rings (SSSR count). The van der Waals surface area contributed by atoms with Crippen molar-refractivity contribution < 1.29 is 5.11 Å². The second-order valence-electron chi connectivity index (χ2n) is 10.2. The van der Waals surface area contributed by atoms with Crippen molar-refractivity contribution in [2.24, 2.45) is 17.8 Å². The molecule has 2 saturated carbocycles. The Hall–Kier alpha value is -1.59. The minimum atomic E-state index is -0.0960. The van der Waals surface area contributed by atoms with Gasteiger partial charge in [0.05, 0.1) is 12.2 Å². The minimum Gasteiger partial charge on any atom is -0.393 e. The van der Waals surface area contributed by atoms with Crippen LogP contribution in [0.25, 0.3) is 0 Å². The second kappa shape index (κ2) is 13.1. The fraction of sp³-hybridized carbons (Fsp3) is 0.690. The molecule has 31 heavy (non-hydrogen) atoms. The maximum absolute atomic E-state index is 11.1. The number of rotatable bonds is 10. The van der Waals surface area contributed by atoms with E-state index >= 15 is 0 Å². The summed E-state index contributed by atoms with van der Waals surface area (Å²) in [4.78, 5) is 0. The first-order valence-corrected chi connectivity index (χ1v) is 13.0. The molecule has 1 atom stereocenters. The summed E-state index contributed by atoms with van der Waals surface area (Å²) < 4.78 is 0. The smallest absolute Gasteiger partial charge is 0.0908 e. The van der Waals surface area contributed by atoms with Crippen LogP contribution in [0.15, 0.2) is 36.4 Å². The van der Waals surface area contributed by atoms with E-state index in [0.717, 1.165) is 12.3 Å².